The second-order valence-corrected chi connectivity index (χ2v) is 16.4. The average Bonchev–Trinajstić information content (AvgIpc) is 3.76. The van der Waals surface area contributed by atoms with E-state index < -0.39 is 28.3 Å². The molecule has 2 heterocycles. The monoisotopic (exact) mass is 789 g/mol. The number of nitrogens with zero attached hydrogens (tertiary/aromatic N) is 2. The number of ether oxygens (including phenoxy) is 2. The third kappa shape index (κ3) is 10.2. The minimum absolute atomic E-state index is 0.0218. The number of H-pyrrole nitrogens is 1. The molecule has 1 saturated heterocycles. The molecule has 5 aromatic carbocycles. The number of aromatic nitrogens is 3. The molecule has 1 aromatic heterocycles. The van der Waals surface area contributed by atoms with E-state index in [1.807, 2.05) is 110 Å². The van der Waals surface area contributed by atoms with Gasteiger partial charge in [0.25, 0.3) is 0 Å². The first-order chi connectivity index (χ1) is 27.2. The van der Waals surface area contributed by atoms with E-state index in [1.165, 1.54) is 18.5 Å². The van der Waals surface area contributed by atoms with Crippen molar-refractivity contribution in [3.05, 3.63) is 167 Å². The summed E-state index contributed by atoms with van der Waals surface area (Å²) < 4.78 is 42.3. The standard InChI is InChI=1S/C43H43N5O6S2/c1-29-10-20-38(21-11-29)56(51,52)48-39(23-30-6-3-2-4-7-30)41(50)44-25-32-8-5-9-36(22-32)33-16-18-35(19-17-33)42-53-37(27-55-43-45-28-46-47-43)24-40(54-42)34-14-12-31(26-49)13-15-34/h2-22,28,37,39-40,42,48-49H,23-27H2,1H3,(H,44,50)(H,45,46,47)/t37-,39+,40+,42+/m0/s1. The van der Waals surface area contributed by atoms with Gasteiger partial charge in [0.2, 0.25) is 15.9 Å². The van der Waals surface area contributed by atoms with E-state index in [0.29, 0.717) is 12.2 Å². The predicted octanol–water partition coefficient (Wildman–Crippen LogP) is 6.82. The third-order valence-electron chi connectivity index (χ3n) is 9.55. The van der Waals surface area contributed by atoms with Crippen LogP contribution in [0.5, 0.6) is 0 Å². The van der Waals surface area contributed by atoms with Crippen molar-refractivity contribution >= 4 is 27.7 Å². The largest absolute Gasteiger partial charge is 0.392 e. The van der Waals surface area contributed by atoms with Gasteiger partial charge in [-0.15, -0.1) is 0 Å². The first-order valence-corrected chi connectivity index (χ1v) is 20.8. The number of amides is 1. The number of hydrogen-bond donors (Lipinski definition) is 4. The van der Waals surface area contributed by atoms with Crippen LogP contribution in [0.4, 0.5) is 0 Å². The first-order valence-electron chi connectivity index (χ1n) is 18.3. The van der Waals surface area contributed by atoms with Crippen molar-refractivity contribution in [2.24, 2.45) is 0 Å². The van der Waals surface area contributed by atoms with Crippen LogP contribution >= 0.6 is 11.8 Å². The molecule has 0 aliphatic carbocycles. The Morgan fingerprint density at radius 1 is 0.857 bits per heavy atom. The maximum absolute atomic E-state index is 13.6. The zero-order chi connectivity index (χ0) is 38.9. The van der Waals surface area contributed by atoms with Gasteiger partial charge in [-0.1, -0.05) is 127 Å². The fourth-order valence-electron chi connectivity index (χ4n) is 6.47. The van der Waals surface area contributed by atoms with Crippen molar-refractivity contribution in [2.75, 3.05) is 5.75 Å². The lowest BCUT2D eigenvalue weighted by atomic mass is 9.99. The first kappa shape index (κ1) is 39.1. The molecule has 0 spiro atoms. The highest BCUT2D eigenvalue weighted by Crippen LogP contribution is 2.39. The summed E-state index contributed by atoms with van der Waals surface area (Å²) in [5.74, 6) is 0.236. The van der Waals surface area contributed by atoms with E-state index in [1.54, 1.807) is 23.9 Å². The summed E-state index contributed by atoms with van der Waals surface area (Å²) in [6, 6.07) is 38.6. The maximum Gasteiger partial charge on any atom is 0.241 e. The molecule has 1 fully saturated rings. The fraction of sp³-hybridized carbons (Fsp3) is 0.233. The Balaban J connectivity index is 1.03. The van der Waals surface area contributed by atoms with Crippen molar-refractivity contribution in [3.8, 4) is 11.1 Å². The molecular weight excluding hydrogens is 747 g/mol. The number of aliphatic hydroxyl groups excluding tert-OH is 1. The van der Waals surface area contributed by atoms with Gasteiger partial charge in [-0.25, -0.2) is 13.4 Å². The zero-order valence-corrected chi connectivity index (χ0v) is 32.4. The summed E-state index contributed by atoms with van der Waals surface area (Å²) in [6.45, 7) is 2.07. The van der Waals surface area contributed by atoms with Gasteiger partial charge < -0.3 is 19.9 Å². The highest BCUT2D eigenvalue weighted by molar-refractivity contribution is 7.99. The van der Waals surface area contributed by atoms with Crippen LogP contribution in [0.3, 0.4) is 0 Å². The number of carbonyl (C=O) groups is 1. The number of benzene rings is 5. The van der Waals surface area contributed by atoms with Gasteiger partial charge in [0, 0.05) is 24.3 Å². The van der Waals surface area contributed by atoms with Crippen LogP contribution < -0.4 is 10.0 Å². The van der Waals surface area contributed by atoms with Gasteiger partial charge in [0.15, 0.2) is 11.4 Å². The molecule has 13 heteroatoms. The molecule has 0 unspecified atom stereocenters. The van der Waals surface area contributed by atoms with E-state index >= 15 is 0 Å². The Morgan fingerprint density at radius 2 is 1.59 bits per heavy atom. The Morgan fingerprint density at radius 3 is 2.30 bits per heavy atom. The van der Waals surface area contributed by atoms with E-state index in [9.17, 15) is 18.3 Å². The SMILES string of the molecule is Cc1ccc(S(=O)(=O)N[C@H](Cc2ccccc2)C(=O)NCc2cccc(-c3ccc([C@@H]4O[C@H](CSc5ncn[nH]5)C[C@H](c5ccc(CO)cc5)O4)cc3)c2)cc1. The van der Waals surface area contributed by atoms with Crippen LogP contribution in [0.1, 0.15) is 52.2 Å². The minimum atomic E-state index is -3.96. The van der Waals surface area contributed by atoms with Crippen molar-refractivity contribution in [1.82, 2.24) is 25.2 Å². The Bertz CT molecular complexity index is 2290. The molecule has 11 nitrogen and oxygen atoms in total. The smallest absolute Gasteiger partial charge is 0.241 e. The van der Waals surface area contributed by atoms with Crippen LogP contribution in [-0.2, 0) is 43.9 Å². The van der Waals surface area contributed by atoms with Gasteiger partial charge in [-0.3, -0.25) is 9.89 Å². The number of aliphatic hydroxyl groups is 1. The Labute approximate surface area is 331 Å². The molecule has 7 rings (SSSR count). The highest BCUT2D eigenvalue weighted by Gasteiger charge is 2.32. The average molecular weight is 790 g/mol. The molecule has 0 bridgehead atoms. The summed E-state index contributed by atoms with van der Waals surface area (Å²) in [6.07, 6.45) is 1.40. The van der Waals surface area contributed by atoms with Crippen LogP contribution in [0.15, 0.2) is 144 Å². The molecule has 288 valence electrons. The van der Waals surface area contributed by atoms with Gasteiger partial charge >= 0.3 is 0 Å². The van der Waals surface area contributed by atoms with Crippen molar-refractivity contribution < 1.29 is 27.8 Å². The van der Waals surface area contributed by atoms with Crippen LogP contribution in [-0.4, -0.2) is 52.5 Å². The second-order valence-electron chi connectivity index (χ2n) is 13.7. The molecular formula is C43H43N5O6S2. The number of aryl methyl sites for hydroxylation is 1. The molecule has 0 saturated carbocycles. The number of aromatic amines is 1. The van der Waals surface area contributed by atoms with Crippen molar-refractivity contribution in [1.29, 1.82) is 0 Å². The molecule has 4 atom stereocenters. The molecule has 1 aliphatic heterocycles. The number of nitrogens with one attached hydrogen (secondary N) is 3. The molecule has 4 N–H and O–H groups in total. The quantitative estimate of drug-likeness (QED) is 0.0821. The summed E-state index contributed by atoms with van der Waals surface area (Å²) in [7, 11) is -3.96. The van der Waals surface area contributed by atoms with Gasteiger partial charge in [-0.05, 0) is 64.9 Å². The summed E-state index contributed by atoms with van der Waals surface area (Å²) in [5, 5.41) is 20.0. The number of thioether (sulfide) groups is 1. The normalized spacial score (nSPS) is 17.6. The third-order valence-corrected chi connectivity index (χ3v) is 12.0. The van der Waals surface area contributed by atoms with Gasteiger partial charge in [-0.2, -0.15) is 9.82 Å². The van der Waals surface area contributed by atoms with E-state index in [0.717, 1.165) is 49.7 Å². The molecule has 6 aromatic rings. The lowest BCUT2D eigenvalue weighted by Gasteiger charge is -2.36. The minimum Gasteiger partial charge on any atom is -0.392 e. The summed E-state index contributed by atoms with van der Waals surface area (Å²) in [5.41, 5.74) is 7.29. The van der Waals surface area contributed by atoms with Crippen LogP contribution in [0.2, 0.25) is 0 Å². The fourth-order valence-corrected chi connectivity index (χ4v) is 8.47. The van der Waals surface area contributed by atoms with E-state index in [2.05, 4.69) is 25.2 Å². The van der Waals surface area contributed by atoms with Crippen LogP contribution in [0.25, 0.3) is 11.1 Å². The van der Waals surface area contributed by atoms with E-state index in [4.69, 9.17) is 9.47 Å². The topological polar surface area (TPSA) is 156 Å². The number of carbonyl (C=O) groups excluding carboxylic acids is 1. The van der Waals surface area contributed by atoms with Crippen molar-refractivity contribution in [2.45, 2.75) is 67.5 Å². The number of sulfonamides is 1. The van der Waals surface area contributed by atoms with E-state index in [-0.39, 0.29) is 36.7 Å². The molecule has 1 amide bonds. The number of rotatable bonds is 15. The summed E-state index contributed by atoms with van der Waals surface area (Å²) >= 11 is 1.54. The zero-order valence-electron chi connectivity index (χ0n) is 30.7. The second kappa shape index (κ2) is 18.2. The lowest BCUT2D eigenvalue weighted by molar-refractivity contribution is -0.245. The highest BCUT2D eigenvalue weighted by atomic mass is 32.2. The lowest BCUT2D eigenvalue weighted by Crippen LogP contribution is -2.47. The van der Waals surface area contributed by atoms with Gasteiger partial charge in [0.05, 0.1) is 23.7 Å². The predicted molar refractivity (Wildman–Crippen MR) is 215 cm³/mol. The Hall–Kier alpha value is -5.15. The Kier molecular flexibility index (Phi) is 12.7. The molecule has 1 aliphatic rings. The van der Waals surface area contributed by atoms with Crippen LogP contribution in [0, 0.1) is 6.92 Å². The van der Waals surface area contributed by atoms with Crippen molar-refractivity contribution in [3.63, 3.8) is 0 Å². The summed E-state index contributed by atoms with van der Waals surface area (Å²) in [4.78, 5) is 17.9. The number of hydrogen-bond acceptors (Lipinski definition) is 9. The van der Waals surface area contributed by atoms with Gasteiger partial charge in [0.1, 0.15) is 12.4 Å². The molecule has 0 radical (unpaired) electrons. The maximum atomic E-state index is 13.6. The molecule has 56 heavy (non-hydrogen) atoms.